The van der Waals surface area contributed by atoms with Crippen LogP contribution in [0, 0.1) is 5.82 Å². The minimum absolute atomic E-state index is 0.0659. The van der Waals surface area contributed by atoms with Crippen LogP contribution in [-0.4, -0.2) is 23.7 Å². The molecule has 122 valence electrons. The van der Waals surface area contributed by atoms with Crippen LogP contribution < -0.4 is 10.1 Å². The van der Waals surface area contributed by atoms with Crippen molar-refractivity contribution in [2.75, 3.05) is 12.4 Å². The van der Waals surface area contributed by atoms with Crippen molar-refractivity contribution in [3.05, 3.63) is 59.9 Å². The van der Waals surface area contributed by atoms with Gasteiger partial charge in [-0.25, -0.2) is 4.39 Å². The maximum absolute atomic E-state index is 13.6. The van der Waals surface area contributed by atoms with Crippen LogP contribution in [0.1, 0.15) is 5.56 Å². The zero-order valence-corrected chi connectivity index (χ0v) is 13.1. The smallest absolute Gasteiger partial charge is 0.387 e. The van der Waals surface area contributed by atoms with E-state index in [1.165, 1.54) is 18.2 Å². The van der Waals surface area contributed by atoms with E-state index >= 15 is 0 Å². The molecule has 0 saturated carbocycles. The lowest BCUT2D eigenvalue weighted by molar-refractivity contribution is -0.0498. The molecule has 23 heavy (non-hydrogen) atoms. The molecular weight excluding hydrogens is 325 g/mol. The van der Waals surface area contributed by atoms with Crippen LogP contribution in [0.25, 0.3) is 0 Å². The van der Waals surface area contributed by atoms with Gasteiger partial charge in [0.25, 0.3) is 0 Å². The molecule has 0 fully saturated rings. The van der Waals surface area contributed by atoms with Gasteiger partial charge in [-0.3, -0.25) is 0 Å². The van der Waals surface area contributed by atoms with Crippen molar-refractivity contribution in [2.45, 2.75) is 13.2 Å². The van der Waals surface area contributed by atoms with Gasteiger partial charge in [-0.15, -0.1) is 0 Å². The van der Waals surface area contributed by atoms with E-state index in [2.05, 4.69) is 10.1 Å². The quantitative estimate of drug-likeness (QED) is 0.822. The molecule has 2 aromatic carbocycles. The zero-order valence-electron chi connectivity index (χ0n) is 12.3. The van der Waals surface area contributed by atoms with Gasteiger partial charge in [0.2, 0.25) is 0 Å². The molecule has 3 nitrogen and oxygen atoms in total. The number of halogens is 3. The molecule has 0 unspecified atom stereocenters. The Kier molecular flexibility index (Phi) is 5.81. The maximum Gasteiger partial charge on any atom is 0.387 e. The fourth-order valence-electron chi connectivity index (χ4n) is 1.89. The van der Waals surface area contributed by atoms with Crippen molar-refractivity contribution in [3.8, 4) is 5.75 Å². The van der Waals surface area contributed by atoms with E-state index < -0.39 is 6.61 Å². The number of benzene rings is 2. The molecule has 0 radical (unpaired) electrons. The van der Waals surface area contributed by atoms with Gasteiger partial charge in [0.1, 0.15) is 11.6 Å². The molecule has 0 heterocycles. The van der Waals surface area contributed by atoms with Gasteiger partial charge in [0, 0.05) is 24.8 Å². The first-order chi connectivity index (χ1) is 11.0. The molecule has 0 aromatic heterocycles. The van der Waals surface area contributed by atoms with E-state index in [9.17, 15) is 13.2 Å². The van der Waals surface area contributed by atoms with E-state index in [0.717, 1.165) is 0 Å². The second kappa shape index (κ2) is 7.82. The Morgan fingerprint density at radius 3 is 2.43 bits per heavy atom. The fraction of sp³-hybridized carbons (Fsp3) is 0.188. The Bertz CT molecular complexity index is 665. The Labute approximate surface area is 137 Å². The van der Waals surface area contributed by atoms with E-state index in [1.54, 1.807) is 42.3 Å². The lowest BCUT2D eigenvalue weighted by Crippen LogP contribution is -2.30. The van der Waals surface area contributed by atoms with Crippen molar-refractivity contribution in [1.29, 1.82) is 0 Å². The third kappa shape index (κ3) is 5.14. The fourth-order valence-corrected chi connectivity index (χ4v) is 2.07. The average molecular weight is 340 g/mol. The number of nitrogens with one attached hydrogen (secondary N) is 1. The van der Waals surface area contributed by atoms with Crippen LogP contribution in [0.3, 0.4) is 0 Å². The first-order valence-corrected chi connectivity index (χ1v) is 7.17. The molecule has 1 N–H and O–H groups in total. The summed E-state index contributed by atoms with van der Waals surface area (Å²) in [6.07, 6.45) is 0. The molecule has 2 rings (SSSR count). The molecule has 0 aliphatic rings. The largest absolute Gasteiger partial charge is 0.435 e. The summed E-state index contributed by atoms with van der Waals surface area (Å²) in [5.41, 5.74) is 1.15. The SMILES string of the molecule is CN(Cc1ccccc1F)C(=S)Nc1ccc(OC(F)F)cc1. The van der Waals surface area contributed by atoms with Crippen LogP contribution in [0.4, 0.5) is 18.9 Å². The number of nitrogens with zero attached hydrogens (tertiary/aromatic N) is 1. The predicted molar refractivity (Wildman–Crippen MR) is 87.2 cm³/mol. The average Bonchev–Trinajstić information content (AvgIpc) is 2.51. The third-order valence-corrected chi connectivity index (χ3v) is 3.46. The summed E-state index contributed by atoms with van der Waals surface area (Å²) in [4.78, 5) is 1.68. The molecule has 0 aliphatic heterocycles. The Hall–Kier alpha value is -2.28. The number of hydrogen-bond acceptors (Lipinski definition) is 2. The molecular formula is C16H15F3N2OS. The molecule has 0 bridgehead atoms. The minimum atomic E-state index is -2.86. The summed E-state index contributed by atoms with van der Waals surface area (Å²) in [6.45, 7) is -2.55. The number of thiocarbonyl (C=S) groups is 1. The van der Waals surface area contributed by atoms with E-state index in [4.69, 9.17) is 12.2 Å². The Morgan fingerprint density at radius 1 is 1.17 bits per heavy atom. The molecule has 2 aromatic rings. The highest BCUT2D eigenvalue weighted by molar-refractivity contribution is 7.80. The molecule has 0 atom stereocenters. The normalized spacial score (nSPS) is 10.5. The van der Waals surface area contributed by atoms with Gasteiger partial charge in [-0.2, -0.15) is 8.78 Å². The highest BCUT2D eigenvalue weighted by Gasteiger charge is 2.09. The summed E-state index contributed by atoms with van der Waals surface area (Å²) in [6, 6.07) is 12.4. The summed E-state index contributed by atoms with van der Waals surface area (Å²) >= 11 is 5.25. The second-order valence-corrected chi connectivity index (χ2v) is 5.17. The topological polar surface area (TPSA) is 24.5 Å². The molecule has 0 saturated heterocycles. The lowest BCUT2D eigenvalue weighted by Gasteiger charge is -2.21. The van der Waals surface area contributed by atoms with Gasteiger partial charge in [0.15, 0.2) is 5.11 Å². The second-order valence-electron chi connectivity index (χ2n) is 4.78. The molecule has 0 aliphatic carbocycles. The van der Waals surface area contributed by atoms with Crippen molar-refractivity contribution in [2.24, 2.45) is 0 Å². The Morgan fingerprint density at radius 2 is 1.83 bits per heavy atom. The highest BCUT2D eigenvalue weighted by Crippen LogP contribution is 2.18. The van der Waals surface area contributed by atoms with Gasteiger partial charge < -0.3 is 15.0 Å². The van der Waals surface area contributed by atoms with Crippen LogP contribution in [0.15, 0.2) is 48.5 Å². The first-order valence-electron chi connectivity index (χ1n) is 6.76. The van der Waals surface area contributed by atoms with Crippen LogP contribution >= 0.6 is 12.2 Å². The predicted octanol–water partition coefficient (Wildman–Crippen LogP) is 4.26. The summed E-state index contributed by atoms with van der Waals surface area (Å²) < 4.78 is 42.1. The van der Waals surface area contributed by atoms with Crippen molar-refractivity contribution < 1.29 is 17.9 Å². The maximum atomic E-state index is 13.6. The third-order valence-electron chi connectivity index (χ3n) is 3.04. The van der Waals surface area contributed by atoms with Gasteiger partial charge in [-0.05, 0) is 42.5 Å². The lowest BCUT2D eigenvalue weighted by atomic mass is 10.2. The summed E-state index contributed by atoms with van der Waals surface area (Å²) in [7, 11) is 1.73. The number of hydrogen-bond donors (Lipinski definition) is 1. The van der Waals surface area contributed by atoms with E-state index in [-0.39, 0.29) is 11.6 Å². The summed E-state index contributed by atoms with van der Waals surface area (Å²) in [5, 5.41) is 3.34. The van der Waals surface area contributed by atoms with Gasteiger partial charge in [0.05, 0.1) is 0 Å². The zero-order chi connectivity index (χ0) is 16.8. The monoisotopic (exact) mass is 340 g/mol. The molecule has 7 heteroatoms. The standard InChI is InChI=1S/C16H15F3N2OS/c1-21(10-11-4-2-3-5-14(11)17)16(23)20-12-6-8-13(9-7-12)22-15(18)19/h2-9,15H,10H2,1H3,(H,20,23). The number of ether oxygens (including phenoxy) is 1. The first kappa shape index (κ1) is 17.1. The number of anilines is 1. The molecule has 0 amide bonds. The van der Waals surface area contributed by atoms with Crippen LogP contribution in [0.2, 0.25) is 0 Å². The van der Waals surface area contributed by atoms with Gasteiger partial charge in [-0.1, -0.05) is 18.2 Å². The van der Waals surface area contributed by atoms with Crippen molar-refractivity contribution in [1.82, 2.24) is 4.90 Å². The van der Waals surface area contributed by atoms with Crippen molar-refractivity contribution in [3.63, 3.8) is 0 Å². The summed E-state index contributed by atoms with van der Waals surface area (Å²) in [5.74, 6) is -0.230. The van der Waals surface area contributed by atoms with Crippen LogP contribution in [-0.2, 0) is 6.54 Å². The number of alkyl halides is 2. The van der Waals surface area contributed by atoms with Gasteiger partial charge >= 0.3 is 6.61 Å². The van der Waals surface area contributed by atoms with Crippen LogP contribution in [0.5, 0.6) is 5.75 Å². The number of rotatable bonds is 5. The minimum Gasteiger partial charge on any atom is -0.435 e. The highest BCUT2D eigenvalue weighted by atomic mass is 32.1. The van der Waals surface area contributed by atoms with E-state index in [1.807, 2.05) is 0 Å². The van der Waals surface area contributed by atoms with E-state index in [0.29, 0.717) is 22.9 Å². The van der Waals surface area contributed by atoms with Crippen molar-refractivity contribution >= 4 is 23.0 Å². The molecule has 0 spiro atoms. The Balaban J connectivity index is 1.94.